The second-order valence-electron chi connectivity index (χ2n) is 5.79. The number of rotatable bonds is 3. The van der Waals surface area contributed by atoms with Gasteiger partial charge in [-0.3, -0.25) is 5.10 Å². The molecule has 2 heterocycles. The number of aromatic nitrogens is 4. The van der Waals surface area contributed by atoms with Gasteiger partial charge >= 0.3 is 0 Å². The lowest BCUT2D eigenvalue weighted by molar-refractivity contribution is 0.408. The summed E-state index contributed by atoms with van der Waals surface area (Å²) in [6.45, 7) is 0. The minimum absolute atomic E-state index is 0.370. The van der Waals surface area contributed by atoms with Gasteiger partial charge in [-0.2, -0.15) is 5.10 Å². The highest BCUT2D eigenvalue weighted by Gasteiger charge is 2.46. The van der Waals surface area contributed by atoms with E-state index in [1.807, 2.05) is 0 Å². The largest absolute Gasteiger partial charge is 0.307 e. The lowest BCUT2D eigenvalue weighted by Crippen LogP contribution is -2.19. The lowest BCUT2D eigenvalue weighted by Gasteiger charge is -2.24. The summed E-state index contributed by atoms with van der Waals surface area (Å²) in [5.41, 5.74) is 1.65. The zero-order valence-corrected chi connectivity index (χ0v) is 10.8. The summed E-state index contributed by atoms with van der Waals surface area (Å²) in [5, 5.41) is 10.7. The Kier molecular flexibility index (Phi) is 2.33. The first kappa shape index (κ1) is 11.0. The van der Waals surface area contributed by atoms with E-state index in [2.05, 4.69) is 31.5 Å². The normalized spacial score (nSPS) is 28.7. The second kappa shape index (κ2) is 4.05. The third kappa shape index (κ3) is 1.80. The molecule has 2 fully saturated rings. The topological polar surface area (TPSA) is 66.5 Å². The number of H-pyrrole nitrogens is 1. The van der Waals surface area contributed by atoms with Crippen molar-refractivity contribution >= 4 is 11.8 Å². The van der Waals surface area contributed by atoms with Crippen molar-refractivity contribution in [1.29, 1.82) is 0 Å². The summed E-state index contributed by atoms with van der Waals surface area (Å²) in [5.74, 6) is 2.34. The Morgan fingerprint density at radius 1 is 1.21 bits per heavy atom. The minimum atomic E-state index is 0.370. The van der Waals surface area contributed by atoms with E-state index in [0.717, 1.165) is 11.7 Å². The van der Waals surface area contributed by atoms with Crippen LogP contribution in [0, 0.1) is 5.92 Å². The van der Waals surface area contributed by atoms with Crippen molar-refractivity contribution in [2.45, 2.75) is 37.5 Å². The van der Waals surface area contributed by atoms with Gasteiger partial charge in [-0.15, -0.1) is 0 Å². The molecule has 2 aliphatic carbocycles. The van der Waals surface area contributed by atoms with Crippen molar-refractivity contribution in [2.24, 2.45) is 5.92 Å². The van der Waals surface area contributed by atoms with E-state index < -0.39 is 0 Å². The lowest BCUT2D eigenvalue weighted by atomic mass is 9.81. The molecule has 98 valence electrons. The van der Waals surface area contributed by atoms with Gasteiger partial charge in [0, 0.05) is 29.6 Å². The van der Waals surface area contributed by atoms with Crippen LogP contribution in [0.4, 0.5) is 11.8 Å². The Hall–Kier alpha value is -1.91. The molecule has 0 spiro atoms. The van der Waals surface area contributed by atoms with E-state index in [9.17, 15) is 0 Å². The Morgan fingerprint density at radius 3 is 2.68 bits per heavy atom. The standard InChI is InChI=1S/C14H17N5/c1-6-15-13(16-7-1)17-12-8-11(18-19-12)14-4-2-10(9-14)3-5-14/h1,6-8,10H,2-5,9H2,(H2,15,16,17,18,19). The van der Waals surface area contributed by atoms with Crippen LogP contribution < -0.4 is 5.32 Å². The van der Waals surface area contributed by atoms with Gasteiger partial charge in [0.05, 0.1) is 0 Å². The predicted molar refractivity (Wildman–Crippen MR) is 72.2 cm³/mol. The Balaban J connectivity index is 1.57. The van der Waals surface area contributed by atoms with Gasteiger partial charge in [-0.25, -0.2) is 9.97 Å². The van der Waals surface area contributed by atoms with Crippen molar-refractivity contribution in [3.8, 4) is 0 Å². The van der Waals surface area contributed by atoms with Crippen molar-refractivity contribution in [3.63, 3.8) is 0 Å². The maximum atomic E-state index is 4.35. The van der Waals surface area contributed by atoms with Gasteiger partial charge in [-0.05, 0) is 44.1 Å². The zero-order valence-electron chi connectivity index (χ0n) is 10.8. The number of hydrogen-bond acceptors (Lipinski definition) is 4. The summed E-state index contributed by atoms with van der Waals surface area (Å²) in [7, 11) is 0. The Labute approximate surface area is 111 Å². The summed E-state index contributed by atoms with van der Waals surface area (Å²) >= 11 is 0. The SMILES string of the molecule is c1cnc(Nc2cc(C34CCC(CC3)C4)[nH]n2)nc1. The molecule has 2 saturated carbocycles. The van der Waals surface area contributed by atoms with Gasteiger partial charge in [0.1, 0.15) is 0 Å². The van der Waals surface area contributed by atoms with E-state index in [1.165, 1.54) is 37.8 Å². The highest BCUT2D eigenvalue weighted by Crippen LogP contribution is 2.55. The molecule has 0 unspecified atom stereocenters. The molecule has 5 nitrogen and oxygen atoms in total. The van der Waals surface area contributed by atoms with Crippen molar-refractivity contribution < 1.29 is 0 Å². The first-order chi connectivity index (χ1) is 9.34. The average Bonchev–Trinajstić information content (AvgIpc) is 3.15. The van der Waals surface area contributed by atoms with E-state index in [1.54, 1.807) is 18.5 Å². The summed E-state index contributed by atoms with van der Waals surface area (Å²) in [4.78, 5) is 8.30. The third-order valence-corrected chi connectivity index (χ3v) is 4.70. The molecule has 4 rings (SSSR count). The molecule has 2 aliphatic rings. The highest BCUT2D eigenvalue weighted by molar-refractivity contribution is 5.48. The molecule has 0 aromatic carbocycles. The molecule has 0 radical (unpaired) electrons. The molecule has 0 amide bonds. The number of nitrogens with zero attached hydrogens (tertiary/aromatic N) is 3. The number of fused-ring (bicyclic) bond motifs is 2. The molecule has 0 atom stereocenters. The van der Waals surface area contributed by atoms with Crippen molar-refractivity contribution in [1.82, 2.24) is 20.2 Å². The molecule has 2 bridgehead atoms. The summed E-state index contributed by atoms with van der Waals surface area (Å²) in [6, 6.07) is 3.93. The molecule has 0 saturated heterocycles. The van der Waals surface area contributed by atoms with E-state index in [-0.39, 0.29) is 0 Å². The number of nitrogens with one attached hydrogen (secondary N) is 2. The van der Waals surface area contributed by atoms with Gasteiger partial charge in [-0.1, -0.05) is 0 Å². The van der Waals surface area contributed by atoms with Gasteiger partial charge < -0.3 is 5.32 Å². The monoisotopic (exact) mass is 255 g/mol. The van der Waals surface area contributed by atoms with E-state index in [0.29, 0.717) is 11.4 Å². The van der Waals surface area contributed by atoms with Crippen LogP contribution in [0.2, 0.25) is 0 Å². The Bertz CT molecular complexity index is 569. The fourth-order valence-electron chi connectivity index (χ4n) is 3.71. The first-order valence-corrected chi connectivity index (χ1v) is 6.94. The van der Waals surface area contributed by atoms with E-state index >= 15 is 0 Å². The highest BCUT2D eigenvalue weighted by atomic mass is 15.2. The van der Waals surface area contributed by atoms with Crippen LogP contribution in [0.3, 0.4) is 0 Å². The molecule has 19 heavy (non-hydrogen) atoms. The number of aromatic amines is 1. The summed E-state index contributed by atoms with van der Waals surface area (Å²) in [6.07, 6.45) is 10.1. The Morgan fingerprint density at radius 2 is 2.00 bits per heavy atom. The van der Waals surface area contributed by atoms with Crippen LogP contribution in [0.25, 0.3) is 0 Å². The van der Waals surface area contributed by atoms with Crippen molar-refractivity contribution in [3.05, 3.63) is 30.2 Å². The molecule has 5 heteroatoms. The number of hydrogen-bond donors (Lipinski definition) is 2. The number of anilines is 2. The molecular weight excluding hydrogens is 238 g/mol. The molecule has 2 aromatic rings. The van der Waals surface area contributed by atoms with Crippen LogP contribution in [0.5, 0.6) is 0 Å². The molecular formula is C14H17N5. The first-order valence-electron chi connectivity index (χ1n) is 6.94. The smallest absolute Gasteiger partial charge is 0.228 e. The second-order valence-corrected chi connectivity index (χ2v) is 5.79. The quantitative estimate of drug-likeness (QED) is 0.885. The van der Waals surface area contributed by atoms with Gasteiger partial charge in [0.25, 0.3) is 0 Å². The molecule has 0 aliphatic heterocycles. The van der Waals surface area contributed by atoms with Crippen LogP contribution in [-0.4, -0.2) is 20.2 Å². The predicted octanol–water partition coefficient (Wildman–Crippen LogP) is 2.78. The fourth-order valence-corrected chi connectivity index (χ4v) is 3.71. The average molecular weight is 255 g/mol. The zero-order chi connectivity index (χ0) is 12.7. The fraction of sp³-hybridized carbons (Fsp3) is 0.500. The van der Waals surface area contributed by atoms with Gasteiger partial charge in [0.15, 0.2) is 5.82 Å². The third-order valence-electron chi connectivity index (χ3n) is 4.70. The van der Waals surface area contributed by atoms with Crippen LogP contribution >= 0.6 is 0 Å². The van der Waals surface area contributed by atoms with E-state index in [4.69, 9.17) is 0 Å². The van der Waals surface area contributed by atoms with Crippen molar-refractivity contribution in [2.75, 3.05) is 5.32 Å². The summed E-state index contributed by atoms with van der Waals surface area (Å²) < 4.78 is 0. The van der Waals surface area contributed by atoms with Crippen LogP contribution in [-0.2, 0) is 5.41 Å². The van der Waals surface area contributed by atoms with Crippen LogP contribution in [0.15, 0.2) is 24.5 Å². The van der Waals surface area contributed by atoms with Gasteiger partial charge in [0.2, 0.25) is 5.95 Å². The molecule has 2 N–H and O–H groups in total. The molecule has 2 aromatic heterocycles. The minimum Gasteiger partial charge on any atom is -0.307 e. The maximum Gasteiger partial charge on any atom is 0.228 e. The van der Waals surface area contributed by atoms with Crippen LogP contribution in [0.1, 0.15) is 37.8 Å². The maximum absolute atomic E-state index is 4.35.